The van der Waals surface area contributed by atoms with Crippen LogP contribution in [0.1, 0.15) is 6.92 Å². The molecule has 1 N–H and O–H groups in total. The molecule has 3 rings (SSSR count). The SMILES string of the molecule is COCCn1c(=NS(=O)(=O)c2ccccc2)sc2cc(NC(C)=O)ccc21. The first-order valence-corrected chi connectivity index (χ1v) is 10.4. The van der Waals surface area contributed by atoms with E-state index in [0.717, 1.165) is 10.2 Å². The summed E-state index contributed by atoms with van der Waals surface area (Å²) in [4.78, 5) is 11.8. The second kappa shape index (κ2) is 8.03. The van der Waals surface area contributed by atoms with E-state index in [0.29, 0.717) is 23.6 Å². The van der Waals surface area contributed by atoms with Crippen molar-refractivity contribution in [1.82, 2.24) is 4.57 Å². The molecule has 0 atom stereocenters. The van der Waals surface area contributed by atoms with E-state index in [1.54, 1.807) is 37.4 Å². The number of benzene rings is 2. The average molecular weight is 406 g/mol. The van der Waals surface area contributed by atoms with Crippen molar-refractivity contribution in [2.75, 3.05) is 19.0 Å². The zero-order chi connectivity index (χ0) is 19.4. The molecule has 0 bridgehead atoms. The number of ether oxygens (including phenoxy) is 1. The molecule has 2 aromatic carbocycles. The molecule has 0 spiro atoms. The highest BCUT2D eigenvalue weighted by molar-refractivity contribution is 7.90. The maximum atomic E-state index is 12.7. The van der Waals surface area contributed by atoms with Gasteiger partial charge < -0.3 is 14.6 Å². The number of carbonyl (C=O) groups excluding carboxylic acids is 1. The van der Waals surface area contributed by atoms with Gasteiger partial charge >= 0.3 is 0 Å². The van der Waals surface area contributed by atoms with Gasteiger partial charge in [-0.1, -0.05) is 29.5 Å². The minimum atomic E-state index is -3.83. The number of carbonyl (C=O) groups is 1. The Morgan fingerprint density at radius 3 is 2.63 bits per heavy atom. The summed E-state index contributed by atoms with van der Waals surface area (Å²) in [7, 11) is -2.25. The molecule has 1 amide bonds. The summed E-state index contributed by atoms with van der Waals surface area (Å²) in [5, 5.41) is 2.73. The maximum Gasteiger partial charge on any atom is 0.285 e. The Hall–Kier alpha value is -2.49. The molecule has 9 heteroatoms. The molecule has 0 saturated carbocycles. The number of fused-ring (bicyclic) bond motifs is 1. The van der Waals surface area contributed by atoms with Crippen LogP contribution in [0.25, 0.3) is 10.2 Å². The van der Waals surface area contributed by atoms with Gasteiger partial charge in [-0.25, -0.2) is 0 Å². The van der Waals surface area contributed by atoms with Crippen LogP contribution in [-0.2, 0) is 26.1 Å². The van der Waals surface area contributed by atoms with Crippen molar-refractivity contribution in [3.63, 3.8) is 0 Å². The molecule has 142 valence electrons. The lowest BCUT2D eigenvalue weighted by atomic mass is 10.3. The molecule has 27 heavy (non-hydrogen) atoms. The summed E-state index contributed by atoms with van der Waals surface area (Å²) in [5.74, 6) is -0.172. The lowest BCUT2D eigenvalue weighted by Gasteiger charge is -2.06. The molecule has 0 saturated heterocycles. The van der Waals surface area contributed by atoms with Crippen LogP contribution in [0.15, 0.2) is 57.8 Å². The molecule has 0 aliphatic carbocycles. The predicted molar refractivity (Wildman–Crippen MR) is 105 cm³/mol. The lowest BCUT2D eigenvalue weighted by molar-refractivity contribution is -0.114. The van der Waals surface area contributed by atoms with Crippen LogP contribution in [0.2, 0.25) is 0 Å². The van der Waals surface area contributed by atoms with E-state index >= 15 is 0 Å². The van der Waals surface area contributed by atoms with Gasteiger partial charge in [0.15, 0.2) is 0 Å². The van der Waals surface area contributed by atoms with E-state index in [1.165, 1.54) is 30.4 Å². The van der Waals surface area contributed by atoms with Crippen molar-refractivity contribution in [3.05, 3.63) is 53.3 Å². The van der Waals surface area contributed by atoms with Crippen LogP contribution in [0.5, 0.6) is 0 Å². The summed E-state index contributed by atoms with van der Waals surface area (Å²) < 4.78 is 37.1. The van der Waals surface area contributed by atoms with Crippen LogP contribution < -0.4 is 10.1 Å². The van der Waals surface area contributed by atoms with Crippen LogP contribution >= 0.6 is 11.3 Å². The van der Waals surface area contributed by atoms with Crippen molar-refractivity contribution < 1.29 is 17.9 Å². The number of sulfonamides is 1. The van der Waals surface area contributed by atoms with Crippen molar-refractivity contribution in [1.29, 1.82) is 0 Å². The van der Waals surface area contributed by atoms with Gasteiger partial charge in [-0.15, -0.1) is 4.40 Å². The fourth-order valence-corrected chi connectivity index (χ4v) is 4.89. The number of hydrogen-bond donors (Lipinski definition) is 1. The van der Waals surface area contributed by atoms with Crippen LogP contribution in [0.4, 0.5) is 5.69 Å². The number of amides is 1. The second-order valence-electron chi connectivity index (χ2n) is 5.77. The number of methoxy groups -OCH3 is 1. The number of aromatic nitrogens is 1. The largest absolute Gasteiger partial charge is 0.383 e. The molecular weight excluding hydrogens is 386 g/mol. The zero-order valence-electron chi connectivity index (χ0n) is 14.9. The predicted octanol–water partition coefficient (Wildman–Crippen LogP) is 2.60. The summed E-state index contributed by atoms with van der Waals surface area (Å²) in [6.07, 6.45) is 0. The monoisotopic (exact) mass is 405 g/mol. The van der Waals surface area contributed by atoms with Gasteiger partial charge in [0.25, 0.3) is 10.0 Å². The standard InChI is InChI=1S/C18H19N3O4S2/c1-13(22)19-14-8-9-16-17(12-14)26-18(21(16)10-11-25-2)20-27(23,24)15-6-4-3-5-7-15/h3-9,12H,10-11H2,1-2H3,(H,19,22). The zero-order valence-corrected chi connectivity index (χ0v) is 16.5. The topological polar surface area (TPSA) is 89.8 Å². The minimum Gasteiger partial charge on any atom is -0.383 e. The van der Waals surface area contributed by atoms with Gasteiger partial charge in [0, 0.05) is 26.3 Å². The Morgan fingerprint density at radius 1 is 1.22 bits per heavy atom. The fourth-order valence-electron chi connectivity index (χ4n) is 2.57. The highest BCUT2D eigenvalue weighted by Gasteiger charge is 2.14. The fraction of sp³-hybridized carbons (Fsp3) is 0.222. The Morgan fingerprint density at radius 2 is 1.96 bits per heavy atom. The quantitative estimate of drug-likeness (QED) is 0.683. The summed E-state index contributed by atoms with van der Waals surface area (Å²) >= 11 is 1.25. The summed E-state index contributed by atoms with van der Waals surface area (Å²) in [5.41, 5.74) is 1.47. The minimum absolute atomic E-state index is 0.139. The van der Waals surface area contributed by atoms with Gasteiger partial charge in [-0.05, 0) is 30.3 Å². The van der Waals surface area contributed by atoms with E-state index in [9.17, 15) is 13.2 Å². The van der Waals surface area contributed by atoms with Crippen molar-refractivity contribution in [3.8, 4) is 0 Å². The molecular formula is C18H19N3O4S2. The molecule has 1 heterocycles. The first kappa shape index (κ1) is 19.3. The molecule has 0 radical (unpaired) electrons. The first-order valence-electron chi connectivity index (χ1n) is 8.17. The van der Waals surface area contributed by atoms with Crippen molar-refractivity contribution >= 4 is 43.2 Å². The molecule has 3 aromatic rings. The van der Waals surface area contributed by atoms with E-state index in [-0.39, 0.29) is 10.8 Å². The van der Waals surface area contributed by atoms with Gasteiger partial charge in [0.2, 0.25) is 10.7 Å². The van der Waals surface area contributed by atoms with Gasteiger partial charge in [-0.2, -0.15) is 8.42 Å². The third-order valence-corrected chi connectivity index (χ3v) is 6.20. The number of rotatable bonds is 6. The number of nitrogens with one attached hydrogen (secondary N) is 1. The number of thiazole rings is 1. The smallest absolute Gasteiger partial charge is 0.285 e. The Bertz CT molecular complexity index is 1130. The van der Waals surface area contributed by atoms with Crippen LogP contribution in [-0.4, -0.2) is 32.6 Å². The maximum absolute atomic E-state index is 12.7. The van der Waals surface area contributed by atoms with Crippen LogP contribution in [0.3, 0.4) is 0 Å². The first-order chi connectivity index (χ1) is 12.9. The highest BCUT2D eigenvalue weighted by atomic mass is 32.2. The highest BCUT2D eigenvalue weighted by Crippen LogP contribution is 2.22. The number of anilines is 1. The van der Waals surface area contributed by atoms with E-state index in [2.05, 4.69) is 9.71 Å². The number of nitrogens with zero attached hydrogens (tertiary/aromatic N) is 2. The molecule has 0 unspecified atom stereocenters. The molecule has 7 nitrogen and oxygen atoms in total. The third kappa shape index (κ3) is 4.44. The molecule has 0 aliphatic heterocycles. The lowest BCUT2D eigenvalue weighted by Crippen LogP contribution is -2.19. The Labute approximate surface area is 161 Å². The van der Waals surface area contributed by atoms with Crippen molar-refractivity contribution in [2.45, 2.75) is 18.4 Å². The Balaban J connectivity index is 2.16. The van der Waals surface area contributed by atoms with Gasteiger partial charge in [0.1, 0.15) is 0 Å². The Kier molecular flexibility index (Phi) is 5.73. The summed E-state index contributed by atoms with van der Waals surface area (Å²) in [6.45, 7) is 2.31. The van der Waals surface area contributed by atoms with E-state index in [1.807, 2.05) is 10.6 Å². The number of hydrogen-bond acceptors (Lipinski definition) is 5. The van der Waals surface area contributed by atoms with Gasteiger partial charge in [-0.3, -0.25) is 4.79 Å². The molecule has 0 aliphatic rings. The molecule has 0 fully saturated rings. The van der Waals surface area contributed by atoms with E-state index in [4.69, 9.17) is 4.74 Å². The summed E-state index contributed by atoms with van der Waals surface area (Å²) in [6, 6.07) is 13.5. The van der Waals surface area contributed by atoms with Crippen molar-refractivity contribution in [2.24, 2.45) is 4.40 Å². The normalized spacial score (nSPS) is 12.4. The average Bonchev–Trinajstić information content (AvgIpc) is 2.95. The second-order valence-corrected chi connectivity index (χ2v) is 8.39. The van der Waals surface area contributed by atoms with E-state index < -0.39 is 10.0 Å². The van der Waals surface area contributed by atoms with Gasteiger partial charge in [0.05, 0.1) is 21.7 Å². The van der Waals surface area contributed by atoms with Crippen LogP contribution in [0, 0.1) is 0 Å². The molecule has 1 aromatic heterocycles. The third-order valence-electron chi connectivity index (χ3n) is 3.76.